The molecule has 6 heteroatoms. The summed E-state index contributed by atoms with van der Waals surface area (Å²) < 4.78 is 7.64. The summed E-state index contributed by atoms with van der Waals surface area (Å²) in [6.07, 6.45) is 5.35. The van der Waals surface area contributed by atoms with Crippen LogP contribution in [0, 0.1) is 0 Å². The molecule has 24 heavy (non-hydrogen) atoms. The smallest absolute Gasteiger partial charge is 0.257 e. The summed E-state index contributed by atoms with van der Waals surface area (Å²) >= 11 is 6.04. The summed E-state index contributed by atoms with van der Waals surface area (Å²) in [5.41, 5.74) is 1.09. The van der Waals surface area contributed by atoms with Gasteiger partial charge in [-0.25, -0.2) is 4.98 Å². The molecule has 3 aromatic rings. The number of nitrogens with one attached hydrogen (secondary N) is 1. The predicted octanol–water partition coefficient (Wildman–Crippen LogP) is 3.87. The number of nitrogens with zero attached hydrogens (tertiary/aromatic N) is 2. The molecule has 122 valence electrons. The van der Waals surface area contributed by atoms with Crippen molar-refractivity contribution in [3.63, 3.8) is 0 Å². The third kappa shape index (κ3) is 4.14. The van der Waals surface area contributed by atoms with Gasteiger partial charge in [0, 0.05) is 24.1 Å². The molecule has 0 bridgehead atoms. The molecule has 1 heterocycles. The van der Waals surface area contributed by atoms with E-state index in [2.05, 4.69) is 10.3 Å². The van der Waals surface area contributed by atoms with E-state index in [1.807, 2.05) is 22.9 Å². The van der Waals surface area contributed by atoms with Gasteiger partial charge in [-0.2, -0.15) is 0 Å². The van der Waals surface area contributed by atoms with Crippen molar-refractivity contribution in [3.05, 3.63) is 77.8 Å². The minimum absolute atomic E-state index is 0.254. The molecule has 0 unspecified atom stereocenters. The van der Waals surface area contributed by atoms with Gasteiger partial charge in [0.1, 0.15) is 12.4 Å². The maximum atomic E-state index is 12.3. The van der Waals surface area contributed by atoms with Crippen molar-refractivity contribution >= 4 is 23.2 Å². The van der Waals surface area contributed by atoms with Crippen LogP contribution < -0.4 is 10.1 Å². The van der Waals surface area contributed by atoms with Crippen molar-refractivity contribution < 1.29 is 9.53 Å². The Bertz CT molecular complexity index is 819. The summed E-state index contributed by atoms with van der Waals surface area (Å²) in [5.74, 6) is 0.434. The minimum atomic E-state index is -0.254. The average Bonchev–Trinajstić information content (AvgIpc) is 3.09. The Morgan fingerprint density at radius 1 is 1.21 bits per heavy atom. The number of halogens is 1. The minimum Gasteiger partial charge on any atom is -0.492 e. The molecule has 1 amide bonds. The third-order valence-corrected chi connectivity index (χ3v) is 3.72. The van der Waals surface area contributed by atoms with Crippen molar-refractivity contribution in [2.45, 2.75) is 6.54 Å². The Kier molecular flexibility index (Phi) is 5.13. The normalized spacial score (nSPS) is 10.4. The van der Waals surface area contributed by atoms with Gasteiger partial charge in [0.05, 0.1) is 23.5 Å². The number of imidazole rings is 1. The van der Waals surface area contributed by atoms with E-state index >= 15 is 0 Å². The Hall–Kier alpha value is -2.79. The SMILES string of the molecule is O=C(Nc1cccc(OCCn2ccnc2)c1)c1ccccc1Cl. The summed E-state index contributed by atoms with van der Waals surface area (Å²) in [6.45, 7) is 1.22. The molecule has 0 fully saturated rings. The van der Waals surface area contributed by atoms with Crippen LogP contribution in [-0.4, -0.2) is 22.1 Å². The highest BCUT2D eigenvalue weighted by atomic mass is 35.5. The largest absolute Gasteiger partial charge is 0.492 e. The lowest BCUT2D eigenvalue weighted by atomic mass is 10.2. The first kappa shape index (κ1) is 16.1. The van der Waals surface area contributed by atoms with E-state index in [9.17, 15) is 4.79 Å². The van der Waals surface area contributed by atoms with Crippen molar-refractivity contribution in [1.29, 1.82) is 0 Å². The van der Waals surface area contributed by atoms with Crippen LogP contribution in [0.4, 0.5) is 5.69 Å². The fourth-order valence-electron chi connectivity index (χ4n) is 2.20. The van der Waals surface area contributed by atoms with Crippen LogP contribution in [0.5, 0.6) is 5.75 Å². The third-order valence-electron chi connectivity index (χ3n) is 3.39. The second-order valence-electron chi connectivity index (χ2n) is 5.11. The fraction of sp³-hybridized carbons (Fsp3) is 0.111. The molecule has 0 radical (unpaired) electrons. The molecule has 5 nitrogen and oxygen atoms in total. The fourth-order valence-corrected chi connectivity index (χ4v) is 2.42. The van der Waals surface area contributed by atoms with Crippen LogP contribution in [0.25, 0.3) is 0 Å². The zero-order valence-corrected chi connectivity index (χ0v) is 13.6. The van der Waals surface area contributed by atoms with Crippen LogP contribution >= 0.6 is 11.6 Å². The van der Waals surface area contributed by atoms with Crippen molar-refractivity contribution in [1.82, 2.24) is 9.55 Å². The number of hydrogen-bond donors (Lipinski definition) is 1. The zero-order chi connectivity index (χ0) is 16.8. The molecule has 0 aliphatic carbocycles. The summed E-state index contributed by atoms with van der Waals surface area (Å²) in [7, 11) is 0. The van der Waals surface area contributed by atoms with E-state index in [1.54, 1.807) is 48.9 Å². The van der Waals surface area contributed by atoms with E-state index in [-0.39, 0.29) is 5.91 Å². The van der Waals surface area contributed by atoms with Gasteiger partial charge in [-0.3, -0.25) is 4.79 Å². The number of amides is 1. The van der Waals surface area contributed by atoms with E-state index < -0.39 is 0 Å². The zero-order valence-electron chi connectivity index (χ0n) is 12.9. The number of ether oxygens (including phenoxy) is 1. The van der Waals surface area contributed by atoms with E-state index in [0.717, 1.165) is 0 Å². The van der Waals surface area contributed by atoms with Gasteiger partial charge < -0.3 is 14.6 Å². The molecule has 2 aromatic carbocycles. The number of rotatable bonds is 6. The Morgan fingerprint density at radius 3 is 2.88 bits per heavy atom. The molecule has 0 spiro atoms. The van der Waals surface area contributed by atoms with Crippen LogP contribution in [0.1, 0.15) is 10.4 Å². The van der Waals surface area contributed by atoms with Crippen LogP contribution in [-0.2, 0) is 6.54 Å². The van der Waals surface area contributed by atoms with E-state index in [1.165, 1.54) is 0 Å². The maximum absolute atomic E-state index is 12.3. The Labute approximate surface area is 144 Å². The van der Waals surface area contributed by atoms with Gasteiger partial charge in [0.15, 0.2) is 0 Å². The standard InChI is InChI=1S/C18H16ClN3O2/c19-17-7-2-1-6-16(17)18(23)21-14-4-3-5-15(12-14)24-11-10-22-9-8-20-13-22/h1-9,12-13H,10-11H2,(H,21,23). The molecule has 0 saturated heterocycles. The number of aromatic nitrogens is 2. The molecular formula is C18H16ClN3O2. The Morgan fingerprint density at radius 2 is 2.08 bits per heavy atom. The van der Waals surface area contributed by atoms with Crippen LogP contribution in [0.3, 0.4) is 0 Å². The van der Waals surface area contributed by atoms with Gasteiger partial charge in [-0.05, 0) is 24.3 Å². The van der Waals surface area contributed by atoms with Gasteiger partial charge in [-0.1, -0.05) is 29.8 Å². The van der Waals surface area contributed by atoms with Crippen LogP contribution in [0.15, 0.2) is 67.3 Å². The van der Waals surface area contributed by atoms with Gasteiger partial charge >= 0.3 is 0 Å². The second kappa shape index (κ2) is 7.66. The predicted molar refractivity (Wildman–Crippen MR) is 93.6 cm³/mol. The molecule has 1 N–H and O–H groups in total. The topological polar surface area (TPSA) is 56.1 Å². The first-order valence-electron chi connectivity index (χ1n) is 7.47. The Balaban J connectivity index is 1.60. The number of carbonyl (C=O) groups is 1. The second-order valence-corrected chi connectivity index (χ2v) is 5.52. The monoisotopic (exact) mass is 341 g/mol. The maximum Gasteiger partial charge on any atom is 0.257 e. The number of carbonyl (C=O) groups excluding carboxylic acids is 1. The molecule has 0 atom stereocenters. The lowest BCUT2D eigenvalue weighted by Crippen LogP contribution is -2.12. The molecule has 0 aliphatic heterocycles. The van der Waals surface area contributed by atoms with Gasteiger partial charge in [0.25, 0.3) is 5.91 Å². The highest BCUT2D eigenvalue weighted by molar-refractivity contribution is 6.34. The summed E-state index contributed by atoms with van der Waals surface area (Å²) in [4.78, 5) is 16.2. The first-order chi connectivity index (χ1) is 11.7. The number of benzene rings is 2. The average molecular weight is 342 g/mol. The van der Waals surface area contributed by atoms with Gasteiger partial charge in [0.2, 0.25) is 0 Å². The molecule has 0 saturated carbocycles. The highest BCUT2D eigenvalue weighted by Crippen LogP contribution is 2.20. The van der Waals surface area contributed by atoms with Gasteiger partial charge in [-0.15, -0.1) is 0 Å². The molecule has 0 aliphatic rings. The van der Waals surface area contributed by atoms with Crippen molar-refractivity contribution in [3.8, 4) is 5.75 Å². The first-order valence-corrected chi connectivity index (χ1v) is 7.84. The van der Waals surface area contributed by atoms with E-state index in [4.69, 9.17) is 16.3 Å². The van der Waals surface area contributed by atoms with Crippen LogP contribution in [0.2, 0.25) is 5.02 Å². The molecular weight excluding hydrogens is 326 g/mol. The molecule has 1 aromatic heterocycles. The summed E-state index contributed by atoms with van der Waals surface area (Å²) in [6, 6.07) is 14.2. The number of hydrogen-bond acceptors (Lipinski definition) is 3. The number of anilines is 1. The lowest BCUT2D eigenvalue weighted by Gasteiger charge is -2.10. The summed E-state index contributed by atoms with van der Waals surface area (Å²) in [5, 5.41) is 3.24. The van der Waals surface area contributed by atoms with E-state index in [0.29, 0.717) is 35.2 Å². The van der Waals surface area contributed by atoms with Crippen molar-refractivity contribution in [2.75, 3.05) is 11.9 Å². The molecule has 3 rings (SSSR count). The highest BCUT2D eigenvalue weighted by Gasteiger charge is 2.10. The van der Waals surface area contributed by atoms with Crippen molar-refractivity contribution in [2.24, 2.45) is 0 Å². The lowest BCUT2D eigenvalue weighted by molar-refractivity contribution is 0.102. The quantitative estimate of drug-likeness (QED) is 0.740.